The molecule has 21 heavy (non-hydrogen) atoms. The zero-order chi connectivity index (χ0) is 14.7. The van der Waals surface area contributed by atoms with Crippen molar-refractivity contribution in [2.45, 2.75) is 32.6 Å². The molecule has 1 saturated carbocycles. The molecule has 0 spiro atoms. The fourth-order valence-corrected chi connectivity index (χ4v) is 3.24. The molecule has 0 saturated heterocycles. The average Bonchev–Trinajstić information content (AvgIpc) is 2.53. The zero-order valence-electron chi connectivity index (χ0n) is 12.3. The second-order valence-corrected chi connectivity index (χ2v) is 5.96. The van der Waals surface area contributed by atoms with Gasteiger partial charge in [-0.25, -0.2) is 0 Å². The van der Waals surface area contributed by atoms with Crippen LogP contribution in [0, 0.1) is 23.2 Å². The summed E-state index contributed by atoms with van der Waals surface area (Å²) < 4.78 is 0. The fourth-order valence-electron chi connectivity index (χ4n) is 3.24. The summed E-state index contributed by atoms with van der Waals surface area (Å²) in [4.78, 5) is 0. The lowest BCUT2D eigenvalue weighted by atomic mass is 9.80. The summed E-state index contributed by atoms with van der Waals surface area (Å²) >= 11 is 0. The van der Waals surface area contributed by atoms with Crippen LogP contribution in [-0.4, -0.2) is 16.7 Å². The van der Waals surface area contributed by atoms with E-state index in [2.05, 4.69) is 28.5 Å². The molecule has 1 aromatic carbocycles. The van der Waals surface area contributed by atoms with Crippen LogP contribution in [0.1, 0.15) is 38.3 Å². The van der Waals surface area contributed by atoms with E-state index in [9.17, 15) is 5.26 Å². The van der Waals surface area contributed by atoms with Crippen LogP contribution < -0.4 is 5.32 Å². The Morgan fingerprint density at radius 2 is 2.05 bits per heavy atom. The van der Waals surface area contributed by atoms with Crippen molar-refractivity contribution in [3.05, 3.63) is 30.0 Å². The van der Waals surface area contributed by atoms with Gasteiger partial charge in [-0.2, -0.15) is 5.26 Å². The molecule has 2 aromatic rings. The van der Waals surface area contributed by atoms with Crippen molar-refractivity contribution in [3.8, 4) is 6.07 Å². The van der Waals surface area contributed by atoms with Crippen LogP contribution in [-0.2, 0) is 0 Å². The van der Waals surface area contributed by atoms with Gasteiger partial charge in [-0.15, -0.1) is 10.2 Å². The highest BCUT2D eigenvalue weighted by molar-refractivity contribution is 5.92. The third kappa shape index (κ3) is 2.82. The van der Waals surface area contributed by atoms with Crippen molar-refractivity contribution in [2.75, 3.05) is 11.9 Å². The Kier molecular flexibility index (Phi) is 4.01. The van der Waals surface area contributed by atoms with Gasteiger partial charge in [0.2, 0.25) is 0 Å². The lowest BCUT2D eigenvalue weighted by molar-refractivity contribution is 0.268. The molecule has 2 atom stereocenters. The molecule has 1 aromatic heterocycles. The summed E-state index contributed by atoms with van der Waals surface area (Å²) in [5, 5.41) is 21.9. The number of benzene rings is 1. The summed E-state index contributed by atoms with van der Waals surface area (Å²) in [7, 11) is 0. The molecule has 3 rings (SSSR count). The molecular weight excluding hydrogens is 260 g/mol. The smallest absolute Gasteiger partial charge is 0.186 e. The maximum Gasteiger partial charge on any atom is 0.186 e. The number of hydrogen-bond acceptors (Lipinski definition) is 4. The first-order chi connectivity index (χ1) is 10.3. The van der Waals surface area contributed by atoms with E-state index in [1.54, 1.807) is 0 Å². The van der Waals surface area contributed by atoms with Gasteiger partial charge in [0, 0.05) is 11.9 Å². The summed E-state index contributed by atoms with van der Waals surface area (Å²) in [5.41, 5.74) is 2.05. The fraction of sp³-hybridized carbons (Fsp3) is 0.471. The summed E-state index contributed by atoms with van der Waals surface area (Å²) in [6.07, 6.45) is 5.25. The first-order valence-electron chi connectivity index (χ1n) is 7.69. The minimum Gasteiger partial charge on any atom is -0.382 e. The molecule has 1 N–H and O–H groups in total. The van der Waals surface area contributed by atoms with Gasteiger partial charge in [-0.05, 0) is 24.3 Å². The minimum absolute atomic E-state index is 0.386. The van der Waals surface area contributed by atoms with Crippen LogP contribution in [0.2, 0.25) is 0 Å². The Morgan fingerprint density at radius 3 is 2.86 bits per heavy atom. The van der Waals surface area contributed by atoms with E-state index in [4.69, 9.17) is 0 Å². The van der Waals surface area contributed by atoms with Gasteiger partial charge in [0.15, 0.2) is 5.69 Å². The van der Waals surface area contributed by atoms with E-state index in [1.807, 2.05) is 24.3 Å². The molecule has 4 nitrogen and oxygen atoms in total. The molecule has 108 valence electrons. The maximum absolute atomic E-state index is 9.27. The van der Waals surface area contributed by atoms with E-state index in [0.717, 1.165) is 29.1 Å². The second-order valence-electron chi connectivity index (χ2n) is 5.96. The minimum atomic E-state index is 0.386. The van der Waals surface area contributed by atoms with Crippen molar-refractivity contribution < 1.29 is 0 Å². The molecule has 0 bridgehead atoms. The second kappa shape index (κ2) is 6.09. The highest BCUT2D eigenvalue weighted by Gasteiger charge is 2.21. The van der Waals surface area contributed by atoms with Gasteiger partial charge in [-0.1, -0.05) is 44.4 Å². The van der Waals surface area contributed by atoms with Gasteiger partial charge < -0.3 is 5.32 Å². The van der Waals surface area contributed by atoms with Crippen LogP contribution in [0.3, 0.4) is 0 Å². The Hall–Kier alpha value is -2.15. The van der Waals surface area contributed by atoms with Crippen molar-refractivity contribution in [3.63, 3.8) is 0 Å². The van der Waals surface area contributed by atoms with Crippen LogP contribution in [0.15, 0.2) is 24.3 Å². The predicted molar refractivity (Wildman–Crippen MR) is 83.9 cm³/mol. The van der Waals surface area contributed by atoms with E-state index in [1.165, 1.54) is 25.7 Å². The van der Waals surface area contributed by atoms with E-state index in [0.29, 0.717) is 11.6 Å². The molecule has 0 radical (unpaired) electrons. The molecular formula is C17H20N4. The monoisotopic (exact) mass is 280 g/mol. The van der Waals surface area contributed by atoms with Crippen molar-refractivity contribution in [1.29, 1.82) is 5.26 Å². The third-order valence-electron chi connectivity index (χ3n) is 4.60. The van der Waals surface area contributed by atoms with Crippen LogP contribution in [0.25, 0.3) is 10.9 Å². The SMILES string of the molecule is CC1CCCCC1CNc1c(C#N)nnc2ccccc12. The van der Waals surface area contributed by atoms with Crippen LogP contribution >= 0.6 is 0 Å². The van der Waals surface area contributed by atoms with Crippen molar-refractivity contribution in [2.24, 2.45) is 11.8 Å². The summed E-state index contributed by atoms with van der Waals surface area (Å²) in [6, 6.07) is 9.99. The number of rotatable bonds is 3. The third-order valence-corrected chi connectivity index (χ3v) is 4.60. The number of aromatic nitrogens is 2. The lowest BCUT2D eigenvalue weighted by Crippen LogP contribution is -2.24. The number of fused-ring (bicyclic) bond motifs is 1. The molecule has 0 amide bonds. The molecule has 0 aliphatic heterocycles. The van der Waals surface area contributed by atoms with Gasteiger partial charge in [0.1, 0.15) is 6.07 Å². The Balaban J connectivity index is 1.87. The first-order valence-corrected chi connectivity index (χ1v) is 7.69. The molecule has 1 heterocycles. The van der Waals surface area contributed by atoms with Gasteiger partial charge in [0.05, 0.1) is 11.2 Å². The normalized spacial score (nSPS) is 21.9. The van der Waals surface area contributed by atoms with E-state index in [-0.39, 0.29) is 0 Å². The number of nitrogens with one attached hydrogen (secondary N) is 1. The Bertz CT molecular complexity index is 674. The lowest BCUT2D eigenvalue weighted by Gasteiger charge is -2.29. The topological polar surface area (TPSA) is 61.6 Å². The van der Waals surface area contributed by atoms with Crippen LogP contribution in [0.5, 0.6) is 0 Å². The summed E-state index contributed by atoms with van der Waals surface area (Å²) in [6.45, 7) is 3.24. The average molecular weight is 280 g/mol. The van der Waals surface area contributed by atoms with E-state index < -0.39 is 0 Å². The summed E-state index contributed by atoms with van der Waals surface area (Å²) in [5.74, 6) is 1.43. The highest BCUT2D eigenvalue weighted by Crippen LogP contribution is 2.31. The number of hydrogen-bond donors (Lipinski definition) is 1. The zero-order valence-corrected chi connectivity index (χ0v) is 12.3. The van der Waals surface area contributed by atoms with E-state index >= 15 is 0 Å². The van der Waals surface area contributed by atoms with Crippen molar-refractivity contribution >= 4 is 16.6 Å². The molecule has 2 unspecified atom stereocenters. The Morgan fingerprint density at radius 1 is 1.24 bits per heavy atom. The van der Waals surface area contributed by atoms with Gasteiger partial charge in [0.25, 0.3) is 0 Å². The largest absolute Gasteiger partial charge is 0.382 e. The standard InChI is InChI=1S/C17H20N4/c1-12-6-2-3-7-13(12)11-19-17-14-8-4-5-9-15(14)20-21-16(17)10-18/h4-5,8-9,12-13H,2-3,6-7,11H2,1H3,(H,19,20). The predicted octanol–water partition coefficient (Wildman–Crippen LogP) is 3.74. The van der Waals surface area contributed by atoms with Gasteiger partial charge in [-0.3, -0.25) is 0 Å². The molecule has 1 fully saturated rings. The Labute approximate surface area is 125 Å². The van der Waals surface area contributed by atoms with Crippen molar-refractivity contribution in [1.82, 2.24) is 10.2 Å². The molecule has 4 heteroatoms. The maximum atomic E-state index is 9.27. The quantitative estimate of drug-likeness (QED) is 0.930. The number of nitrogens with zero attached hydrogens (tertiary/aromatic N) is 3. The molecule has 1 aliphatic rings. The van der Waals surface area contributed by atoms with Crippen LogP contribution in [0.4, 0.5) is 5.69 Å². The highest BCUT2D eigenvalue weighted by atomic mass is 15.1. The first kappa shape index (κ1) is 13.8. The van der Waals surface area contributed by atoms with Gasteiger partial charge >= 0.3 is 0 Å². The molecule has 1 aliphatic carbocycles. The number of nitriles is 1. The number of anilines is 1.